The topological polar surface area (TPSA) is 43.4 Å². The van der Waals surface area contributed by atoms with Crippen LogP contribution < -0.4 is 0 Å². The summed E-state index contributed by atoms with van der Waals surface area (Å²) in [4.78, 5) is 21.6. The highest BCUT2D eigenvalue weighted by Gasteiger charge is 2.41. The van der Waals surface area contributed by atoms with Crippen LogP contribution in [0.25, 0.3) is 0 Å². The molecule has 3 heteroatoms. The quantitative estimate of drug-likeness (QED) is 0.363. The Morgan fingerprint density at radius 1 is 1.10 bits per heavy atom. The number of carbonyl (C=O) groups is 2. The van der Waals surface area contributed by atoms with E-state index in [0.717, 1.165) is 19.3 Å². The normalized spacial score (nSPS) is 38.0. The molecular formula is C7H8O3. The SMILES string of the molecule is O=C1OC(=O)C2CCC1C2. The van der Waals surface area contributed by atoms with Crippen LogP contribution in [0.1, 0.15) is 19.3 Å². The van der Waals surface area contributed by atoms with E-state index in [2.05, 4.69) is 4.74 Å². The van der Waals surface area contributed by atoms with Crippen molar-refractivity contribution in [3.05, 3.63) is 0 Å². The third-order valence-electron chi connectivity index (χ3n) is 2.30. The molecule has 2 fully saturated rings. The first-order valence-corrected chi connectivity index (χ1v) is 3.53. The zero-order chi connectivity index (χ0) is 7.14. The van der Waals surface area contributed by atoms with Crippen molar-refractivity contribution in [2.24, 2.45) is 11.8 Å². The van der Waals surface area contributed by atoms with Gasteiger partial charge in [-0.1, -0.05) is 0 Å². The van der Waals surface area contributed by atoms with Crippen molar-refractivity contribution >= 4 is 11.9 Å². The number of hydrogen-bond donors (Lipinski definition) is 0. The molecule has 1 saturated heterocycles. The molecule has 0 aromatic heterocycles. The number of fused-ring (bicyclic) bond motifs is 2. The summed E-state index contributed by atoms with van der Waals surface area (Å²) in [6, 6.07) is 0. The van der Waals surface area contributed by atoms with Crippen LogP contribution in [0.2, 0.25) is 0 Å². The highest BCUT2D eigenvalue weighted by atomic mass is 16.6. The van der Waals surface area contributed by atoms with Crippen molar-refractivity contribution in [3.63, 3.8) is 0 Å². The first-order valence-electron chi connectivity index (χ1n) is 3.53. The van der Waals surface area contributed by atoms with Crippen LogP contribution in [0.15, 0.2) is 0 Å². The van der Waals surface area contributed by atoms with Gasteiger partial charge in [-0.15, -0.1) is 0 Å². The number of esters is 2. The summed E-state index contributed by atoms with van der Waals surface area (Å²) in [5.74, 6) is -0.553. The average Bonchev–Trinajstić information content (AvgIpc) is 2.28. The Balaban J connectivity index is 2.24. The van der Waals surface area contributed by atoms with Crippen molar-refractivity contribution in [1.29, 1.82) is 0 Å². The highest BCUT2D eigenvalue weighted by Crippen LogP contribution is 2.36. The van der Waals surface area contributed by atoms with E-state index >= 15 is 0 Å². The number of carbonyl (C=O) groups excluding carboxylic acids is 2. The lowest BCUT2D eigenvalue weighted by Crippen LogP contribution is -2.28. The van der Waals surface area contributed by atoms with E-state index in [-0.39, 0.29) is 23.8 Å². The molecule has 1 aliphatic heterocycles. The van der Waals surface area contributed by atoms with Crippen molar-refractivity contribution < 1.29 is 14.3 Å². The Hall–Kier alpha value is -0.860. The Morgan fingerprint density at radius 3 is 2.10 bits per heavy atom. The fourth-order valence-electron chi connectivity index (χ4n) is 1.68. The molecule has 2 bridgehead atoms. The lowest BCUT2D eigenvalue weighted by molar-refractivity contribution is -0.168. The van der Waals surface area contributed by atoms with E-state index in [1.807, 2.05) is 0 Å². The zero-order valence-electron chi connectivity index (χ0n) is 5.50. The summed E-state index contributed by atoms with van der Waals surface area (Å²) >= 11 is 0. The average molecular weight is 140 g/mol. The predicted octanol–water partition coefficient (Wildman–Crippen LogP) is 0.486. The molecule has 2 aliphatic rings. The monoisotopic (exact) mass is 140 g/mol. The standard InChI is InChI=1S/C7H8O3/c8-6-4-1-2-5(3-4)7(9)10-6/h4-5H,1-3H2. The molecule has 2 rings (SSSR count). The van der Waals surface area contributed by atoms with Crippen molar-refractivity contribution in [3.8, 4) is 0 Å². The number of rotatable bonds is 0. The molecule has 1 aliphatic carbocycles. The fourth-order valence-corrected chi connectivity index (χ4v) is 1.68. The van der Waals surface area contributed by atoms with Gasteiger partial charge < -0.3 is 4.74 Å². The van der Waals surface area contributed by atoms with Gasteiger partial charge in [0.05, 0.1) is 11.8 Å². The molecule has 0 amide bonds. The van der Waals surface area contributed by atoms with E-state index in [0.29, 0.717) is 0 Å². The van der Waals surface area contributed by atoms with Gasteiger partial charge in [0.25, 0.3) is 0 Å². The fraction of sp³-hybridized carbons (Fsp3) is 0.714. The molecule has 0 radical (unpaired) electrons. The third kappa shape index (κ3) is 0.664. The molecule has 0 spiro atoms. The summed E-state index contributed by atoms with van der Waals surface area (Å²) in [5, 5.41) is 0. The van der Waals surface area contributed by atoms with Gasteiger partial charge in [-0.05, 0) is 19.3 Å². The van der Waals surface area contributed by atoms with Gasteiger partial charge in [-0.25, -0.2) is 0 Å². The van der Waals surface area contributed by atoms with Crippen LogP contribution in [-0.4, -0.2) is 11.9 Å². The maximum atomic E-state index is 10.8. The van der Waals surface area contributed by atoms with Gasteiger partial charge in [0, 0.05) is 0 Å². The summed E-state index contributed by atoms with van der Waals surface area (Å²) < 4.78 is 4.50. The van der Waals surface area contributed by atoms with Gasteiger partial charge in [0.15, 0.2) is 0 Å². The predicted molar refractivity (Wildman–Crippen MR) is 31.9 cm³/mol. The molecule has 1 saturated carbocycles. The lowest BCUT2D eigenvalue weighted by Gasteiger charge is -2.15. The number of cyclic esters (lactones) is 2. The van der Waals surface area contributed by atoms with Gasteiger partial charge in [0.2, 0.25) is 0 Å². The summed E-state index contributed by atoms with van der Waals surface area (Å²) in [6.07, 6.45) is 2.42. The van der Waals surface area contributed by atoms with Gasteiger partial charge in [-0.2, -0.15) is 0 Å². The minimum Gasteiger partial charge on any atom is -0.393 e. The highest BCUT2D eigenvalue weighted by molar-refractivity contribution is 5.91. The molecule has 3 nitrogen and oxygen atoms in total. The summed E-state index contributed by atoms with van der Waals surface area (Å²) in [5.41, 5.74) is 0. The minimum atomic E-state index is -0.307. The zero-order valence-corrected chi connectivity index (χ0v) is 5.50. The summed E-state index contributed by atoms with van der Waals surface area (Å²) in [6.45, 7) is 0. The Morgan fingerprint density at radius 2 is 1.60 bits per heavy atom. The molecule has 54 valence electrons. The second kappa shape index (κ2) is 1.81. The van der Waals surface area contributed by atoms with E-state index in [1.165, 1.54) is 0 Å². The first-order chi connectivity index (χ1) is 4.77. The van der Waals surface area contributed by atoms with E-state index in [1.54, 1.807) is 0 Å². The number of ether oxygens (including phenoxy) is 1. The first kappa shape index (κ1) is 5.89. The second-order valence-corrected chi connectivity index (χ2v) is 2.95. The molecule has 2 atom stereocenters. The number of hydrogen-bond acceptors (Lipinski definition) is 3. The van der Waals surface area contributed by atoms with E-state index in [9.17, 15) is 9.59 Å². The van der Waals surface area contributed by atoms with Gasteiger partial charge >= 0.3 is 11.9 Å². The maximum Gasteiger partial charge on any atom is 0.316 e. The van der Waals surface area contributed by atoms with E-state index in [4.69, 9.17) is 0 Å². The minimum absolute atomic E-state index is 0.0303. The van der Waals surface area contributed by atoms with Crippen molar-refractivity contribution in [2.45, 2.75) is 19.3 Å². The molecule has 10 heavy (non-hydrogen) atoms. The van der Waals surface area contributed by atoms with Crippen LogP contribution >= 0.6 is 0 Å². The molecule has 0 N–H and O–H groups in total. The van der Waals surface area contributed by atoms with Crippen LogP contribution in [0.4, 0.5) is 0 Å². The molecular weight excluding hydrogens is 132 g/mol. The van der Waals surface area contributed by atoms with E-state index < -0.39 is 0 Å². The Kier molecular flexibility index (Phi) is 1.07. The molecule has 0 aromatic rings. The summed E-state index contributed by atoms with van der Waals surface area (Å²) in [7, 11) is 0. The Bertz CT molecular complexity index is 177. The third-order valence-corrected chi connectivity index (χ3v) is 2.30. The lowest BCUT2D eigenvalue weighted by atomic mass is 10.0. The molecule has 1 heterocycles. The van der Waals surface area contributed by atoms with Crippen LogP contribution in [0, 0.1) is 11.8 Å². The van der Waals surface area contributed by atoms with Crippen molar-refractivity contribution in [2.75, 3.05) is 0 Å². The maximum absolute atomic E-state index is 10.8. The Labute approximate surface area is 58.4 Å². The van der Waals surface area contributed by atoms with Gasteiger partial charge in [0.1, 0.15) is 0 Å². The molecule has 0 aromatic carbocycles. The molecule has 2 unspecified atom stereocenters. The van der Waals surface area contributed by atoms with Crippen LogP contribution in [0.3, 0.4) is 0 Å². The van der Waals surface area contributed by atoms with Crippen molar-refractivity contribution in [1.82, 2.24) is 0 Å². The van der Waals surface area contributed by atoms with Crippen LogP contribution in [0.5, 0.6) is 0 Å². The van der Waals surface area contributed by atoms with Gasteiger partial charge in [-0.3, -0.25) is 9.59 Å². The second-order valence-electron chi connectivity index (χ2n) is 2.95. The largest absolute Gasteiger partial charge is 0.393 e. The smallest absolute Gasteiger partial charge is 0.316 e. The van der Waals surface area contributed by atoms with Crippen LogP contribution in [-0.2, 0) is 14.3 Å².